The van der Waals surface area contributed by atoms with Crippen molar-refractivity contribution in [2.75, 3.05) is 0 Å². The van der Waals surface area contributed by atoms with Gasteiger partial charge in [0.05, 0.1) is 6.42 Å². The summed E-state index contributed by atoms with van der Waals surface area (Å²) in [5.74, 6) is -2.23. The Balaban J connectivity index is 2.40. The first kappa shape index (κ1) is 13.6. The van der Waals surface area contributed by atoms with Crippen LogP contribution in [0.5, 0.6) is 0 Å². The summed E-state index contributed by atoms with van der Waals surface area (Å²) < 4.78 is 0. The highest BCUT2D eigenvalue weighted by Crippen LogP contribution is 2.00. The molecule has 0 aliphatic carbocycles. The number of carbonyl (C=O) groups is 3. The van der Waals surface area contributed by atoms with Gasteiger partial charge in [-0.25, -0.2) is 0 Å². The highest BCUT2D eigenvalue weighted by atomic mass is 16.4. The summed E-state index contributed by atoms with van der Waals surface area (Å²) in [6.07, 6.45) is 2.30. The minimum Gasteiger partial charge on any atom is -0.481 e. The normalized spacial score (nSPS) is 10.2. The van der Waals surface area contributed by atoms with E-state index in [9.17, 15) is 14.4 Å². The lowest BCUT2D eigenvalue weighted by molar-refractivity contribution is -0.139. The zero-order valence-electron chi connectivity index (χ0n) is 9.63. The van der Waals surface area contributed by atoms with Gasteiger partial charge < -0.3 is 5.11 Å². The van der Waals surface area contributed by atoms with Gasteiger partial charge in [-0.3, -0.25) is 19.7 Å². The Morgan fingerprint density at radius 2 is 1.78 bits per heavy atom. The molecule has 2 N–H and O–H groups in total. The van der Waals surface area contributed by atoms with Crippen LogP contribution < -0.4 is 5.32 Å². The summed E-state index contributed by atoms with van der Waals surface area (Å²) in [5, 5.41) is 10.4. The second kappa shape index (κ2) is 7.01. The molecule has 0 saturated carbocycles. The minimum absolute atomic E-state index is 0.208. The maximum atomic E-state index is 11.3. The number of imide groups is 1. The van der Waals surface area contributed by atoms with Gasteiger partial charge in [-0.15, -0.1) is 0 Å². The van der Waals surface area contributed by atoms with Crippen molar-refractivity contribution in [3.8, 4) is 0 Å². The number of carboxylic acid groups (broad SMARTS) is 1. The second-order valence-electron chi connectivity index (χ2n) is 3.55. The fourth-order valence-electron chi connectivity index (χ4n) is 1.20. The average molecular weight is 247 g/mol. The van der Waals surface area contributed by atoms with Crippen LogP contribution in [0.2, 0.25) is 0 Å². The average Bonchev–Trinajstić information content (AvgIpc) is 2.35. The van der Waals surface area contributed by atoms with Crippen molar-refractivity contribution in [3.63, 3.8) is 0 Å². The summed E-state index contributed by atoms with van der Waals surface area (Å²) in [5.41, 5.74) is 0.839. The molecule has 0 fully saturated rings. The molecule has 18 heavy (non-hydrogen) atoms. The third-order valence-corrected chi connectivity index (χ3v) is 2.06. The van der Waals surface area contributed by atoms with Crippen molar-refractivity contribution in [1.82, 2.24) is 5.32 Å². The highest BCUT2D eigenvalue weighted by molar-refractivity contribution is 6.03. The molecule has 0 aliphatic rings. The lowest BCUT2D eigenvalue weighted by Crippen LogP contribution is -2.28. The molecule has 94 valence electrons. The molecule has 1 aromatic carbocycles. The molecule has 2 amide bonds. The van der Waals surface area contributed by atoms with E-state index in [4.69, 9.17) is 5.11 Å². The number of hydrogen-bond donors (Lipinski definition) is 2. The quantitative estimate of drug-likeness (QED) is 0.766. The maximum absolute atomic E-state index is 11.3. The summed E-state index contributed by atoms with van der Waals surface area (Å²) >= 11 is 0. The summed E-state index contributed by atoms with van der Waals surface area (Å²) in [6.45, 7) is 0. The number of hydrogen-bond acceptors (Lipinski definition) is 3. The summed E-state index contributed by atoms with van der Waals surface area (Å²) in [7, 11) is 0. The number of rotatable bonds is 5. The third kappa shape index (κ3) is 5.60. The van der Waals surface area contributed by atoms with Crippen LogP contribution in [0.25, 0.3) is 6.08 Å². The van der Waals surface area contributed by atoms with E-state index in [1.807, 2.05) is 30.3 Å². The van der Waals surface area contributed by atoms with Crippen molar-refractivity contribution < 1.29 is 19.5 Å². The zero-order valence-corrected chi connectivity index (χ0v) is 9.63. The van der Waals surface area contributed by atoms with E-state index >= 15 is 0 Å². The van der Waals surface area contributed by atoms with Gasteiger partial charge in [0.2, 0.25) is 5.91 Å². The lowest BCUT2D eigenvalue weighted by atomic mass is 10.2. The van der Waals surface area contributed by atoms with Crippen LogP contribution in [0.1, 0.15) is 18.4 Å². The van der Waals surface area contributed by atoms with Gasteiger partial charge in [0.25, 0.3) is 5.91 Å². The van der Waals surface area contributed by atoms with Crippen LogP contribution >= 0.6 is 0 Å². The largest absolute Gasteiger partial charge is 0.481 e. The predicted octanol–water partition coefficient (Wildman–Crippen LogP) is 1.21. The van der Waals surface area contributed by atoms with E-state index in [0.717, 1.165) is 5.56 Å². The van der Waals surface area contributed by atoms with Gasteiger partial charge in [0, 0.05) is 12.5 Å². The Kier molecular flexibility index (Phi) is 5.31. The zero-order chi connectivity index (χ0) is 13.4. The molecule has 1 rings (SSSR count). The van der Waals surface area contributed by atoms with E-state index in [2.05, 4.69) is 5.32 Å². The molecular weight excluding hydrogens is 234 g/mol. The van der Waals surface area contributed by atoms with Gasteiger partial charge >= 0.3 is 5.97 Å². The van der Waals surface area contributed by atoms with Gasteiger partial charge in [0.15, 0.2) is 0 Å². The van der Waals surface area contributed by atoms with Gasteiger partial charge in [-0.1, -0.05) is 30.3 Å². The molecule has 0 atom stereocenters. The first-order chi connectivity index (χ1) is 8.58. The Bertz CT molecular complexity index is 465. The van der Waals surface area contributed by atoms with Crippen molar-refractivity contribution in [2.24, 2.45) is 0 Å². The first-order valence-electron chi connectivity index (χ1n) is 5.36. The molecule has 0 unspecified atom stereocenters. The number of amides is 2. The molecule has 5 nitrogen and oxygen atoms in total. The van der Waals surface area contributed by atoms with Gasteiger partial charge in [-0.05, 0) is 11.6 Å². The molecule has 5 heteroatoms. The molecule has 0 heterocycles. The monoisotopic (exact) mass is 247 g/mol. The van der Waals surface area contributed by atoms with Crippen LogP contribution in [-0.4, -0.2) is 22.9 Å². The van der Waals surface area contributed by atoms with Crippen LogP contribution in [-0.2, 0) is 14.4 Å². The van der Waals surface area contributed by atoms with E-state index in [1.54, 1.807) is 6.08 Å². The van der Waals surface area contributed by atoms with Crippen LogP contribution in [0, 0.1) is 0 Å². The fraction of sp³-hybridized carbons (Fsp3) is 0.154. The number of benzene rings is 1. The summed E-state index contributed by atoms with van der Waals surface area (Å²) in [4.78, 5) is 32.7. The van der Waals surface area contributed by atoms with Crippen LogP contribution in [0.15, 0.2) is 36.4 Å². The van der Waals surface area contributed by atoms with E-state index in [0.29, 0.717) is 0 Å². The molecule has 0 radical (unpaired) electrons. The van der Waals surface area contributed by atoms with E-state index in [1.165, 1.54) is 6.08 Å². The molecular formula is C13H13NO4. The van der Waals surface area contributed by atoms with Crippen molar-refractivity contribution in [3.05, 3.63) is 42.0 Å². The molecule has 0 aliphatic heterocycles. The van der Waals surface area contributed by atoms with Crippen LogP contribution in [0.4, 0.5) is 0 Å². The predicted molar refractivity (Wildman–Crippen MR) is 65.5 cm³/mol. The number of nitrogens with one attached hydrogen (secondary N) is 1. The summed E-state index contributed by atoms with van der Waals surface area (Å²) in [6, 6.07) is 9.14. The van der Waals surface area contributed by atoms with Gasteiger partial charge in [-0.2, -0.15) is 0 Å². The topological polar surface area (TPSA) is 83.5 Å². The van der Waals surface area contributed by atoms with Crippen molar-refractivity contribution >= 4 is 23.9 Å². The molecule has 0 bridgehead atoms. The van der Waals surface area contributed by atoms with E-state index in [-0.39, 0.29) is 12.8 Å². The molecule has 0 saturated heterocycles. The van der Waals surface area contributed by atoms with E-state index < -0.39 is 17.8 Å². The Labute approximate surface area is 104 Å². The second-order valence-corrected chi connectivity index (χ2v) is 3.55. The molecule has 1 aromatic rings. The number of carboxylic acids is 1. The Morgan fingerprint density at radius 1 is 1.11 bits per heavy atom. The number of carbonyl (C=O) groups excluding carboxylic acids is 2. The highest BCUT2D eigenvalue weighted by Gasteiger charge is 2.07. The molecule has 0 spiro atoms. The third-order valence-electron chi connectivity index (χ3n) is 2.06. The van der Waals surface area contributed by atoms with Gasteiger partial charge in [0.1, 0.15) is 0 Å². The Hall–Kier alpha value is -2.43. The van der Waals surface area contributed by atoms with Crippen molar-refractivity contribution in [2.45, 2.75) is 12.8 Å². The Morgan fingerprint density at radius 3 is 2.39 bits per heavy atom. The van der Waals surface area contributed by atoms with Crippen LogP contribution in [0.3, 0.4) is 0 Å². The lowest BCUT2D eigenvalue weighted by Gasteiger charge is -1.98. The van der Waals surface area contributed by atoms with Crippen molar-refractivity contribution in [1.29, 1.82) is 0 Å². The minimum atomic E-state index is -1.07. The number of aliphatic carboxylic acids is 1. The maximum Gasteiger partial charge on any atom is 0.303 e. The standard InChI is InChI=1S/C13H13NO4/c15-11(14-12(16)8-9-13(17)18)7-6-10-4-2-1-3-5-10/h1-7H,8-9H2,(H,17,18)(H,14,15,16). The smallest absolute Gasteiger partial charge is 0.303 e. The first-order valence-corrected chi connectivity index (χ1v) is 5.36. The fourth-order valence-corrected chi connectivity index (χ4v) is 1.20. The molecule has 0 aromatic heterocycles. The SMILES string of the molecule is O=C(O)CCC(=O)NC(=O)C=Cc1ccccc1.